The van der Waals surface area contributed by atoms with Crippen LogP contribution >= 0.6 is 0 Å². The summed E-state index contributed by atoms with van der Waals surface area (Å²) in [5.41, 5.74) is 8.63. The molecule has 9 nitrogen and oxygen atoms in total. The summed E-state index contributed by atoms with van der Waals surface area (Å²) in [6, 6.07) is 20.1. The van der Waals surface area contributed by atoms with E-state index in [1.54, 1.807) is 0 Å². The lowest BCUT2D eigenvalue weighted by atomic mass is 9.84. The molecule has 0 saturated heterocycles. The normalized spacial score (nSPS) is 12.4. The summed E-state index contributed by atoms with van der Waals surface area (Å²) in [7, 11) is 0. The molecule has 0 unspecified atom stereocenters. The molecule has 0 aliphatic rings. The van der Waals surface area contributed by atoms with Gasteiger partial charge in [-0.05, 0) is 29.2 Å². The summed E-state index contributed by atoms with van der Waals surface area (Å²) >= 11 is 0. The first-order valence-corrected chi connectivity index (χ1v) is 12.2. The van der Waals surface area contributed by atoms with Crippen molar-refractivity contribution in [3.63, 3.8) is 0 Å². The predicted octanol–water partition coefficient (Wildman–Crippen LogP) is 3.55. The minimum absolute atomic E-state index is 0.00207. The van der Waals surface area contributed by atoms with Crippen LogP contribution in [0.5, 0.6) is 0 Å². The maximum atomic E-state index is 13.6. The van der Waals surface area contributed by atoms with Crippen molar-refractivity contribution >= 4 is 5.91 Å². The van der Waals surface area contributed by atoms with Crippen molar-refractivity contribution in [2.24, 2.45) is 11.1 Å². The minimum Gasteiger partial charge on any atom is -0.330 e. The van der Waals surface area contributed by atoms with Crippen LogP contribution in [0.25, 0.3) is 11.3 Å². The second-order valence-electron chi connectivity index (χ2n) is 9.93. The Labute approximate surface area is 212 Å². The van der Waals surface area contributed by atoms with Crippen molar-refractivity contribution in [1.29, 1.82) is 0 Å². The molecule has 2 heterocycles. The van der Waals surface area contributed by atoms with Crippen molar-refractivity contribution in [2.45, 2.75) is 46.3 Å². The summed E-state index contributed by atoms with van der Waals surface area (Å²) in [5, 5.41) is 11.7. The lowest BCUT2D eigenvalue weighted by molar-refractivity contribution is -0.137. The van der Waals surface area contributed by atoms with Gasteiger partial charge in [0.2, 0.25) is 5.91 Å². The quantitative estimate of drug-likeness (QED) is 0.367. The van der Waals surface area contributed by atoms with E-state index < -0.39 is 0 Å². The molecular formula is C27H34N8O. The highest BCUT2D eigenvalue weighted by Crippen LogP contribution is 2.39. The van der Waals surface area contributed by atoms with Gasteiger partial charge in [-0.2, -0.15) is 4.80 Å². The summed E-state index contributed by atoms with van der Waals surface area (Å²) in [4.78, 5) is 22.0. The van der Waals surface area contributed by atoms with Gasteiger partial charge in [-0.25, -0.2) is 4.98 Å². The molecule has 0 fully saturated rings. The Bertz CT molecular complexity index is 1230. The number of hydrogen-bond donors (Lipinski definition) is 1. The molecule has 0 aliphatic carbocycles. The lowest BCUT2D eigenvalue weighted by Gasteiger charge is -2.40. The van der Waals surface area contributed by atoms with E-state index >= 15 is 0 Å². The van der Waals surface area contributed by atoms with Crippen molar-refractivity contribution in [3.8, 4) is 11.3 Å². The average molecular weight is 487 g/mol. The number of imidazole rings is 1. The zero-order valence-electron chi connectivity index (χ0n) is 21.2. The number of rotatable bonds is 10. The van der Waals surface area contributed by atoms with Crippen LogP contribution in [0.3, 0.4) is 0 Å². The van der Waals surface area contributed by atoms with Crippen LogP contribution in [0.2, 0.25) is 0 Å². The molecule has 2 aromatic carbocycles. The zero-order chi connectivity index (χ0) is 25.5. The third kappa shape index (κ3) is 6.04. The number of carbonyl (C=O) groups excluding carboxylic acids is 1. The monoisotopic (exact) mass is 486 g/mol. The molecule has 188 valence electrons. The Hall–Kier alpha value is -3.85. The standard InChI is InChI=1S/C27H34N8O/c1-27(2,3)25(34(16-10-15-28)24(36)19-35-30-20-29-32-35)26-31-23(22-13-8-5-9-14-22)18-33(26)17-21-11-6-4-7-12-21/h4-9,11-14,18,20,25H,10,15-17,19,28H2,1-3H3/t25-/m0/s1. The van der Waals surface area contributed by atoms with Crippen LogP contribution in [0, 0.1) is 5.41 Å². The highest BCUT2D eigenvalue weighted by Gasteiger charge is 2.38. The Kier molecular flexibility index (Phi) is 7.90. The number of amides is 1. The first kappa shape index (κ1) is 25.2. The molecule has 9 heteroatoms. The van der Waals surface area contributed by atoms with E-state index in [2.05, 4.69) is 71.2 Å². The Morgan fingerprint density at radius 3 is 2.36 bits per heavy atom. The van der Waals surface area contributed by atoms with Gasteiger partial charge in [0.05, 0.1) is 11.7 Å². The van der Waals surface area contributed by atoms with Crippen molar-refractivity contribution in [1.82, 2.24) is 34.7 Å². The summed E-state index contributed by atoms with van der Waals surface area (Å²) in [6.07, 6.45) is 4.09. The van der Waals surface area contributed by atoms with Gasteiger partial charge < -0.3 is 15.2 Å². The number of nitrogens with two attached hydrogens (primary N) is 1. The molecule has 0 radical (unpaired) electrons. The van der Waals surface area contributed by atoms with Crippen LogP contribution in [0.15, 0.2) is 73.2 Å². The molecule has 0 bridgehead atoms. The van der Waals surface area contributed by atoms with Gasteiger partial charge >= 0.3 is 0 Å². The van der Waals surface area contributed by atoms with E-state index in [1.807, 2.05) is 41.3 Å². The van der Waals surface area contributed by atoms with E-state index in [-0.39, 0.29) is 23.9 Å². The molecule has 2 N–H and O–H groups in total. The fraction of sp³-hybridized carbons (Fsp3) is 0.370. The summed E-state index contributed by atoms with van der Waals surface area (Å²) in [5.74, 6) is 0.735. The van der Waals surface area contributed by atoms with Gasteiger partial charge in [-0.3, -0.25) is 4.79 Å². The van der Waals surface area contributed by atoms with Crippen LogP contribution in [-0.2, 0) is 17.9 Å². The zero-order valence-corrected chi connectivity index (χ0v) is 21.2. The highest BCUT2D eigenvalue weighted by atomic mass is 16.2. The molecule has 0 saturated carbocycles. The maximum absolute atomic E-state index is 13.6. The molecule has 4 rings (SSSR count). The Balaban J connectivity index is 1.81. The number of carbonyl (C=O) groups is 1. The molecule has 36 heavy (non-hydrogen) atoms. The number of tetrazole rings is 1. The van der Waals surface area contributed by atoms with Gasteiger partial charge in [-0.15, -0.1) is 10.2 Å². The van der Waals surface area contributed by atoms with Crippen LogP contribution in [0.4, 0.5) is 0 Å². The van der Waals surface area contributed by atoms with E-state index in [1.165, 1.54) is 11.1 Å². The van der Waals surface area contributed by atoms with Gasteiger partial charge in [0.1, 0.15) is 12.4 Å². The molecular weight excluding hydrogens is 452 g/mol. The van der Waals surface area contributed by atoms with Crippen molar-refractivity contribution in [2.75, 3.05) is 13.1 Å². The molecule has 1 atom stereocenters. The fourth-order valence-corrected chi connectivity index (χ4v) is 4.43. The Morgan fingerprint density at radius 2 is 1.75 bits per heavy atom. The third-order valence-electron chi connectivity index (χ3n) is 6.04. The van der Waals surface area contributed by atoms with Crippen LogP contribution < -0.4 is 5.73 Å². The van der Waals surface area contributed by atoms with Crippen LogP contribution in [-0.4, -0.2) is 53.7 Å². The van der Waals surface area contributed by atoms with E-state index in [9.17, 15) is 4.79 Å². The largest absolute Gasteiger partial charge is 0.330 e. The van der Waals surface area contributed by atoms with Crippen molar-refractivity contribution < 1.29 is 4.79 Å². The fourth-order valence-electron chi connectivity index (χ4n) is 4.43. The first-order valence-electron chi connectivity index (χ1n) is 12.2. The number of hydrogen-bond acceptors (Lipinski definition) is 6. The smallest absolute Gasteiger partial charge is 0.246 e. The maximum Gasteiger partial charge on any atom is 0.246 e. The van der Waals surface area contributed by atoms with Crippen molar-refractivity contribution in [3.05, 3.63) is 84.6 Å². The number of benzene rings is 2. The average Bonchev–Trinajstić information content (AvgIpc) is 3.52. The first-order chi connectivity index (χ1) is 17.4. The van der Waals surface area contributed by atoms with Gasteiger partial charge in [0, 0.05) is 24.8 Å². The SMILES string of the molecule is CC(C)(C)[C@H](c1nc(-c2ccccc2)cn1Cc1ccccc1)N(CCCN)C(=O)Cn1ncnn1. The molecule has 1 amide bonds. The summed E-state index contributed by atoms with van der Waals surface area (Å²) in [6.45, 7) is 8.04. The molecule has 2 aromatic heterocycles. The molecule has 4 aromatic rings. The molecule has 0 spiro atoms. The van der Waals surface area contributed by atoms with Gasteiger partial charge in [0.15, 0.2) is 6.33 Å². The Morgan fingerprint density at radius 1 is 1.06 bits per heavy atom. The minimum atomic E-state index is -0.312. The molecule has 0 aliphatic heterocycles. The second kappa shape index (κ2) is 11.3. The van der Waals surface area contributed by atoms with Gasteiger partial charge in [0.25, 0.3) is 0 Å². The highest BCUT2D eigenvalue weighted by molar-refractivity contribution is 5.76. The predicted molar refractivity (Wildman–Crippen MR) is 139 cm³/mol. The topological polar surface area (TPSA) is 108 Å². The second-order valence-corrected chi connectivity index (χ2v) is 9.93. The van der Waals surface area contributed by atoms with E-state index in [4.69, 9.17) is 10.7 Å². The number of aromatic nitrogens is 6. The van der Waals surface area contributed by atoms with Gasteiger partial charge in [-0.1, -0.05) is 81.4 Å². The van der Waals surface area contributed by atoms with E-state index in [0.29, 0.717) is 26.1 Å². The van der Waals surface area contributed by atoms with E-state index in [0.717, 1.165) is 22.6 Å². The number of nitrogens with zero attached hydrogens (tertiary/aromatic N) is 7. The lowest BCUT2D eigenvalue weighted by Crippen LogP contribution is -2.45. The van der Waals surface area contributed by atoms with Crippen LogP contribution in [0.1, 0.15) is 44.6 Å². The third-order valence-corrected chi connectivity index (χ3v) is 6.04. The summed E-state index contributed by atoms with van der Waals surface area (Å²) < 4.78 is 2.17.